The first-order valence-electron chi connectivity index (χ1n) is 10.7. The quantitative estimate of drug-likeness (QED) is 0.429. The second-order valence-corrected chi connectivity index (χ2v) is 10.2. The Hall–Kier alpha value is -3.33. The van der Waals surface area contributed by atoms with E-state index in [1.165, 1.54) is 16.4 Å². The number of rotatable bonds is 6. The summed E-state index contributed by atoms with van der Waals surface area (Å²) in [6.07, 6.45) is 0. The molecule has 0 unspecified atom stereocenters. The van der Waals surface area contributed by atoms with Gasteiger partial charge in [-0.3, -0.25) is 4.79 Å². The summed E-state index contributed by atoms with van der Waals surface area (Å²) in [4.78, 5) is 15.8. The molecule has 0 fully saturated rings. The zero-order valence-corrected chi connectivity index (χ0v) is 19.6. The Balaban J connectivity index is 1.57. The van der Waals surface area contributed by atoms with Gasteiger partial charge in [0.1, 0.15) is 18.1 Å². The Kier molecular flexibility index (Phi) is 6.03. The molecule has 1 N–H and O–H groups in total. The summed E-state index contributed by atoms with van der Waals surface area (Å²) in [6.45, 7) is 0.819. The van der Waals surface area contributed by atoms with E-state index in [-0.39, 0.29) is 28.6 Å². The molecule has 34 heavy (non-hydrogen) atoms. The Morgan fingerprint density at radius 2 is 1.56 bits per heavy atom. The summed E-state index contributed by atoms with van der Waals surface area (Å²) in [5.41, 5.74) is 1.30. The zero-order valence-electron chi connectivity index (χ0n) is 18.0. The SMILES string of the molecule is O=c1[nH]c2cc3c(cc2cc1CN(Cc1ccccc1)S(=O)(=O)c1ccccc1Cl)OCCO3. The lowest BCUT2D eigenvalue weighted by Gasteiger charge is -2.23. The smallest absolute Gasteiger partial charge is 0.252 e. The third-order valence-corrected chi connectivity index (χ3v) is 7.88. The van der Waals surface area contributed by atoms with Crippen LogP contribution in [0, 0.1) is 0 Å². The van der Waals surface area contributed by atoms with Crippen LogP contribution in [0.3, 0.4) is 0 Å². The fourth-order valence-electron chi connectivity index (χ4n) is 3.90. The first kappa shape index (κ1) is 22.5. The van der Waals surface area contributed by atoms with Crippen molar-refractivity contribution >= 4 is 32.5 Å². The summed E-state index contributed by atoms with van der Waals surface area (Å²) in [5.74, 6) is 1.15. The molecule has 3 aromatic carbocycles. The molecule has 4 aromatic rings. The number of sulfonamides is 1. The van der Waals surface area contributed by atoms with Gasteiger partial charge in [-0.2, -0.15) is 4.31 Å². The summed E-state index contributed by atoms with van der Waals surface area (Å²) in [6, 6.07) is 20.7. The molecule has 7 nitrogen and oxygen atoms in total. The number of hydrogen-bond acceptors (Lipinski definition) is 5. The first-order chi connectivity index (χ1) is 16.4. The maximum atomic E-state index is 13.6. The lowest BCUT2D eigenvalue weighted by Crippen LogP contribution is -2.32. The number of aromatic amines is 1. The van der Waals surface area contributed by atoms with E-state index in [0.29, 0.717) is 41.2 Å². The van der Waals surface area contributed by atoms with Gasteiger partial charge in [-0.15, -0.1) is 0 Å². The Bertz CT molecular complexity index is 1520. The molecule has 1 aliphatic heterocycles. The predicted molar refractivity (Wildman–Crippen MR) is 130 cm³/mol. The topological polar surface area (TPSA) is 88.7 Å². The van der Waals surface area contributed by atoms with Crippen molar-refractivity contribution in [1.29, 1.82) is 0 Å². The second-order valence-electron chi connectivity index (χ2n) is 7.90. The molecule has 9 heteroatoms. The van der Waals surface area contributed by atoms with Gasteiger partial charge in [-0.05, 0) is 29.8 Å². The third-order valence-electron chi connectivity index (χ3n) is 5.59. The van der Waals surface area contributed by atoms with E-state index >= 15 is 0 Å². The highest BCUT2D eigenvalue weighted by atomic mass is 35.5. The molecule has 5 rings (SSSR count). The molecule has 174 valence electrons. The maximum Gasteiger partial charge on any atom is 0.252 e. The Morgan fingerprint density at radius 3 is 2.29 bits per heavy atom. The van der Waals surface area contributed by atoms with Crippen LogP contribution in [-0.2, 0) is 23.1 Å². The summed E-state index contributed by atoms with van der Waals surface area (Å²) >= 11 is 6.24. The van der Waals surface area contributed by atoms with Crippen molar-refractivity contribution in [3.05, 3.63) is 99.3 Å². The molecular formula is C25H21ClN2O5S. The molecule has 2 heterocycles. The van der Waals surface area contributed by atoms with Crippen molar-refractivity contribution < 1.29 is 17.9 Å². The molecule has 0 amide bonds. The van der Waals surface area contributed by atoms with Gasteiger partial charge in [-0.25, -0.2) is 8.42 Å². The number of nitrogens with one attached hydrogen (secondary N) is 1. The predicted octanol–water partition coefficient (Wildman–Crippen LogP) is 4.34. The number of fused-ring (bicyclic) bond motifs is 2. The number of halogens is 1. The van der Waals surface area contributed by atoms with Crippen molar-refractivity contribution in [3.63, 3.8) is 0 Å². The standard InChI is InChI=1S/C25H21ClN2O5S/c26-20-8-4-5-9-24(20)34(30,31)28(15-17-6-2-1-3-7-17)16-19-12-18-13-22-23(33-11-10-32-22)14-21(18)27-25(19)29/h1-9,12-14H,10-11,15-16H2,(H,27,29). The lowest BCUT2D eigenvalue weighted by atomic mass is 10.1. The van der Waals surface area contributed by atoms with E-state index in [2.05, 4.69) is 4.98 Å². The molecule has 0 spiro atoms. The van der Waals surface area contributed by atoms with Gasteiger partial charge in [0.25, 0.3) is 5.56 Å². The van der Waals surface area contributed by atoms with E-state index in [9.17, 15) is 13.2 Å². The molecule has 0 atom stereocenters. The number of H-pyrrole nitrogens is 1. The van der Waals surface area contributed by atoms with Crippen molar-refractivity contribution in [3.8, 4) is 11.5 Å². The van der Waals surface area contributed by atoms with Crippen LogP contribution in [0.25, 0.3) is 10.9 Å². The summed E-state index contributed by atoms with van der Waals surface area (Å²) in [7, 11) is -4.01. The van der Waals surface area contributed by atoms with Crippen LogP contribution < -0.4 is 15.0 Å². The number of hydrogen-bond donors (Lipinski definition) is 1. The minimum absolute atomic E-state index is 0.00978. The van der Waals surface area contributed by atoms with Crippen molar-refractivity contribution in [2.75, 3.05) is 13.2 Å². The molecule has 1 aromatic heterocycles. The van der Waals surface area contributed by atoms with Gasteiger partial charge in [-0.1, -0.05) is 54.1 Å². The first-order valence-corrected chi connectivity index (χ1v) is 12.5. The van der Waals surface area contributed by atoms with Crippen molar-refractivity contribution in [2.45, 2.75) is 18.0 Å². The van der Waals surface area contributed by atoms with Crippen LogP contribution in [0.1, 0.15) is 11.1 Å². The van der Waals surface area contributed by atoms with Crippen LogP contribution >= 0.6 is 11.6 Å². The summed E-state index contributed by atoms with van der Waals surface area (Å²) < 4.78 is 39.7. The van der Waals surface area contributed by atoms with E-state index in [0.717, 1.165) is 5.56 Å². The molecule has 0 radical (unpaired) electrons. The van der Waals surface area contributed by atoms with Crippen LogP contribution in [0.5, 0.6) is 11.5 Å². The van der Waals surface area contributed by atoms with Crippen molar-refractivity contribution in [1.82, 2.24) is 9.29 Å². The lowest BCUT2D eigenvalue weighted by molar-refractivity contribution is 0.172. The normalized spacial score (nSPS) is 13.4. The molecule has 0 saturated heterocycles. The fraction of sp³-hybridized carbons (Fsp3) is 0.160. The largest absolute Gasteiger partial charge is 0.486 e. The highest BCUT2D eigenvalue weighted by Gasteiger charge is 2.28. The number of pyridine rings is 1. The summed E-state index contributed by atoms with van der Waals surface area (Å²) in [5, 5.41) is 0.838. The average molecular weight is 497 g/mol. The van der Waals surface area contributed by atoms with E-state index in [4.69, 9.17) is 21.1 Å². The highest BCUT2D eigenvalue weighted by Crippen LogP contribution is 2.34. The van der Waals surface area contributed by atoms with Crippen LogP contribution in [0.4, 0.5) is 0 Å². The number of ether oxygens (including phenoxy) is 2. The van der Waals surface area contributed by atoms with Gasteiger partial charge >= 0.3 is 0 Å². The number of aromatic nitrogens is 1. The fourth-order valence-corrected chi connectivity index (χ4v) is 5.80. The van der Waals surface area contributed by atoms with Crippen molar-refractivity contribution in [2.24, 2.45) is 0 Å². The third kappa shape index (κ3) is 4.40. The minimum Gasteiger partial charge on any atom is -0.486 e. The number of benzene rings is 3. The van der Waals surface area contributed by atoms with Crippen LogP contribution in [0.15, 0.2) is 82.5 Å². The van der Waals surface area contributed by atoms with Gasteiger partial charge in [0.05, 0.1) is 10.5 Å². The van der Waals surface area contributed by atoms with Gasteiger partial charge in [0.15, 0.2) is 11.5 Å². The van der Waals surface area contributed by atoms with Gasteiger partial charge in [0, 0.05) is 30.1 Å². The maximum absolute atomic E-state index is 13.6. The molecule has 0 bridgehead atoms. The van der Waals surface area contributed by atoms with Crippen LogP contribution in [-0.4, -0.2) is 30.9 Å². The highest BCUT2D eigenvalue weighted by molar-refractivity contribution is 7.89. The molecule has 1 aliphatic rings. The Labute approximate surface area is 201 Å². The average Bonchev–Trinajstić information content (AvgIpc) is 2.83. The number of nitrogens with zero attached hydrogens (tertiary/aromatic N) is 1. The monoisotopic (exact) mass is 496 g/mol. The second kappa shape index (κ2) is 9.13. The molecule has 0 saturated carbocycles. The zero-order chi connectivity index (χ0) is 23.7. The Morgan fingerprint density at radius 1 is 0.882 bits per heavy atom. The van der Waals surface area contributed by atoms with Gasteiger partial charge < -0.3 is 14.5 Å². The van der Waals surface area contributed by atoms with E-state index < -0.39 is 10.0 Å². The van der Waals surface area contributed by atoms with E-state index in [1.807, 2.05) is 30.3 Å². The molecule has 0 aliphatic carbocycles. The minimum atomic E-state index is -4.01. The van der Waals surface area contributed by atoms with Crippen LogP contribution in [0.2, 0.25) is 5.02 Å². The van der Waals surface area contributed by atoms with Gasteiger partial charge in [0.2, 0.25) is 10.0 Å². The van der Waals surface area contributed by atoms with E-state index in [1.54, 1.807) is 30.3 Å². The molecular weight excluding hydrogens is 476 g/mol.